The molecule has 30 heavy (non-hydrogen) atoms. The Labute approximate surface area is 173 Å². The van der Waals surface area contributed by atoms with Gasteiger partial charge < -0.3 is 19.7 Å². The minimum absolute atomic E-state index is 0.0121. The number of hydrogen-bond acceptors (Lipinski definition) is 6. The summed E-state index contributed by atoms with van der Waals surface area (Å²) in [5, 5.41) is 22.5. The zero-order valence-electron chi connectivity index (χ0n) is 16.5. The lowest BCUT2D eigenvalue weighted by atomic mass is 10.1. The molecule has 1 aromatic heterocycles. The van der Waals surface area contributed by atoms with Crippen LogP contribution in [0.15, 0.2) is 54.3 Å². The number of fused-ring (bicyclic) bond motifs is 1. The number of nitriles is 1. The van der Waals surface area contributed by atoms with E-state index in [0.29, 0.717) is 22.6 Å². The number of aromatic nitrogens is 2. The molecule has 0 unspecified atom stereocenters. The maximum atomic E-state index is 12.1. The number of nitrogens with one attached hydrogen (secondary N) is 1. The van der Waals surface area contributed by atoms with Crippen LogP contribution in [0.2, 0.25) is 0 Å². The highest BCUT2D eigenvalue weighted by atomic mass is 16.5. The van der Waals surface area contributed by atoms with E-state index in [0.717, 1.165) is 5.52 Å². The van der Waals surface area contributed by atoms with E-state index in [-0.39, 0.29) is 23.7 Å². The van der Waals surface area contributed by atoms with E-state index >= 15 is 0 Å². The molecule has 0 aliphatic carbocycles. The highest BCUT2D eigenvalue weighted by Gasteiger charge is 2.17. The van der Waals surface area contributed by atoms with E-state index in [2.05, 4.69) is 10.3 Å². The van der Waals surface area contributed by atoms with Crippen molar-refractivity contribution in [1.29, 1.82) is 5.26 Å². The van der Waals surface area contributed by atoms with Crippen molar-refractivity contribution in [2.75, 3.05) is 11.9 Å². The third kappa shape index (κ3) is 4.64. The predicted molar refractivity (Wildman–Crippen MR) is 111 cm³/mol. The number of benzene rings is 2. The number of aliphatic hydroxyl groups is 1. The minimum atomic E-state index is -0.559. The number of hydrogen-bond donors (Lipinski definition) is 2. The first-order valence-electron chi connectivity index (χ1n) is 9.15. The number of aliphatic hydroxyl groups excluding tert-OH is 1. The lowest BCUT2D eigenvalue weighted by molar-refractivity contribution is -0.142. The molecule has 0 atom stereocenters. The van der Waals surface area contributed by atoms with Crippen LogP contribution in [-0.4, -0.2) is 33.1 Å². The fourth-order valence-electron chi connectivity index (χ4n) is 2.96. The lowest BCUT2D eigenvalue weighted by Crippen LogP contribution is -2.12. The molecule has 0 saturated heterocycles. The summed E-state index contributed by atoms with van der Waals surface area (Å²) in [5.74, 6) is -0.819. The van der Waals surface area contributed by atoms with E-state index in [1.54, 1.807) is 35.9 Å². The summed E-state index contributed by atoms with van der Waals surface area (Å²) in [6, 6.07) is 16.0. The molecular formula is C22H20N4O4. The summed E-state index contributed by atoms with van der Waals surface area (Å²) in [7, 11) is 1.74. The molecule has 3 rings (SSSR count). The summed E-state index contributed by atoms with van der Waals surface area (Å²) in [6.07, 6.45) is -0.0121. The lowest BCUT2D eigenvalue weighted by Gasteiger charge is -2.08. The molecule has 8 heteroatoms. The monoisotopic (exact) mass is 404 g/mol. The summed E-state index contributed by atoms with van der Waals surface area (Å²) < 4.78 is 6.81. The van der Waals surface area contributed by atoms with Crippen LogP contribution < -0.4 is 5.32 Å². The topological polar surface area (TPSA) is 117 Å². The molecule has 2 N–H and O–H groups in total. The number of carbonyl (C=O) groups excluding carboxylic acids is 2. The maximum absolute atomic E-state index is 12.1. The molecule has 0 fully saturated rings. The summed E-state index contributed by atoms with van der Waals surface area (Å²) in [6.45, 7) is 0.975. The number of amides is 1. The second-order valence-corrected chi connectivity index (χ2v) is 6.63. The van der Waals surface area contributed by atoms with Crippen LogP contribution in [-0.2, 0) is 27.8 Å². The Balaban J connectivity index is 1.68. The van der Waals surface area contributed by atoms with Crippen molar-refractivity contribution in [2.45, 2.75) is 13.3 Å². The zero-order chi connectivity index (χ0) is 21.7. The molecule has 3 aromatic rings. The van der Waals surface area contributed by atoms with Gasteiger partial charge in [0.15, 0.2) is 11.6 Å². The fraction of sp³-hybridized carbons (Fsp3) is 0.182. The van der Waals surface area contributed by atoms with Gasteiger partial charge in [0.2, 0.25) is 5.91 Å². The molecule has 0 radical (unpaired) electrons. The molecule has 0 aliphatic heterocycles. The van der Waals surface area contributed by atoms with Crippen LogP contribution in [0.25, 0.3) is 16.6 Å². The van der Waals surface area contributed by atoms with E-state index in [4.69, 9.17) is 4.74 Å². The molecule has 152 valence electrons. The Bertz CT molecular complexity index is 1170. The van der Waals surface area contributed by atoms with Gasteiger partial charge in [-0.05, 0) is 29.8 Å². The molecule has 1 amide bonds. The largest absolute Gasteiger partial charge is 0.507 e. The maximum Gasteiger partial charge on any atom is 0.310 e. The Morgan fingerprint density at radius 2 is 1.90 bits per heavy atom. The fourth-order valence-corrected chi connectivity index (χ4v) is 2.96. The summed E-state index contributed by atoms with van der Waals surface area (Å²) >= 11 is 0. The first-order valence-corrected chi connectivity index (χ1v) is 9.15. The number of nitrogens with zero attached hydrogens (tertiary/aromatic N) is 3. The number of imidazole rings is 1. The van der Waals surface area contributed by atoms with Gasteiger partial charge >= 0.3 is 5.97 Å². The van der Waals surface area contributed by atoms with Gasteiger partial charge in [0, 0.05) is 19.7 Å². The van der Waals surface area contributed by atoms with E-state index < -0.39 is 12.6 Å². The van der Waals surface area contributed by atoms with Gasteiger partial charge in [-0.15, -0.1) is 0 Å². The number of allylic oxidation sites excluding steroid dienone is 1. The van der Waals surface area contributed by atoms with Crippen molar-refractivity contribution in [3.05, 3.63) is 65.7 Å². The Morgan fingerprint density at radius 1 is 1.20 bits per heavy atom. The Kier molecular flexibility index (Phi) is 6.13. The van der Waals surface area contributed by atoms with Crippen LogP contribution in [0, 0.1) is 11.3 Å². The third-order valence-electron chi connectivity index (χ3n) is 4.40. The van der Waals surface area contributed by atoms with Crippen LogP contribution in [0.4, 0.5) is 5.69 Å². The third-order valence-corrected chi connectivity index (χ3v) is 4.40. The molecule has 0 bridgehead atoms. The van der Waals surface area contributed by atoms with Crippen molar-refractivity contribution in [1.82, 2.24) is 9.55 Å². The first-order chi connectivity index (χ1) is 14.4. The van der Waals surface area contributed by atoms with E-state index in [9.17, 15) is 20.0 Å². The van der Waals surface area contributed by atoms with Gasteiger partial charge in [0.25, 0.3) is 0 Å². The number of carbonyl (C=O) groups is 2. The van der Waals surface area contributed by atoms with E-state index in [1.807, 2.05) is 30.3 Å². The van der Waals surface area contributed by atoms with Gasteiger partial charge in [-0.3, -0.25) is 9.59 Å². The normalized spacial score (nSPS) is 11.5. The molecule has 8 nitrogen and oxygen atoms in total. The number of anilines is 1. The van der Waals surface area contributed by atoms with Crippen LogP contribution in [0.5, 0.6) is 0 Å². The predicted octanol–water partition coefficient (Wildman–Crippen LogP) is 3.11. The van der Waals surface area contributed by atoms with Gasteiger partial charge in [0.1, 0.15) is 18.2 Å². The van der Waals surface area contributed by atoms with Crippen molar-refractivity contribution >= 4 is 34.2 Å². The zero-order valence-corrected chi connectivity index (χ0v) is 16.5. The van der Waals surface area contributed by atoms with Gasteiger partial charge in [-0.1, -0.05) is 24.3 Å². The van der Waals surface area contributed by atoms with E-state index in [1.165, 1.54) is 6.92 Å². The van der Waals surface area contributed by atoms with Crippen LogP contribution in [0.3, 0.4) is 0 Å². The SMILES string of the molecule is CC(=O)Nc1ccc(CC(=O)OC/C(O)=C(\C#N)c2nc3ccccc3n2C)cc1. The number of esters is 1. The second-order valence-electron chi connectivity index (χ2n) is 6.63. The number of ether oxygens (including phenoxy) is 1. The molecule has 0 saturated carbocycles. The summed E-state index contributed by atoms with van der Waals surface area (Å²) in [5.41, 5.74) is 2.76. The van der Waals surface area contributed by atoms with Crippen LogP contribution in [0.1, 0.15) is 18.3 Å². The molecule has 0 aliphatic rings. The standard InChI is InChI=1S/C22H20N4O4/c1-14(27)24-16-9-7-15(8-10-16)11-21(29)30-13-20(28)17(12-23)22-25-18-5-3-4-6-19(18)26(22)2/h3-10,28H,11,13H2,1-2H3,(H,24,27)/b20-17-. The van der Waals surface area contributed by atoms with Crippen molar-refractivity contribution in [3.8, 4) is 6.07 Å². The number of para-hydroxylation sites is 2. The molecule has 1 heterocycles. The first kappa shape index (κ1) is 20.6. The Hall–Kier alpha value is -4.12. The smallest absolute Gasteiger partial charge is 0.310 e. The van der Waals surface area contributed by atoms with Gasteiger partial charge in [-0.25, -0.2) is 4.98 Å². The number of rotatable bonds is 6. The summed E-state index contributed by atoms with van der Waals surface area (Å²) in [4.78, 5) is 27.5. The van der Waals surface area contributed by atoms with Gasteiger partial charge in [-0.2, -0.15) is 5.26 Å². The van der Waals surface area contributed by atoms with Crippen molar-refractivity contribution in [3.63, 3.8) is 0 Å². The quantitative estimate of drug-likeness (QED) is 0.370. The highest BCUT2D eigenvalue weighted by Crippen LogP contribution is 2.22. The molecular weight excluding hydrogens is 384 g/mol. The Morgan fingerprint density at radius 3 is 2.53 bits per heavy atom. The average molecular weight is 404 g/mol. The second kappa shape index (κ2) is 8.92. The van der Waals surface area contributed by atoms with Crippen molar-refractivity contribution < 1.29 is 19.4 Å². The average Bonchev–Trinajstić information content (AvgIpc) is 3.05. The number of aryl methyl sites for hydroxylation is 1. The highest BCUT2D eigenvalue weighted by molar-refractivity contribution is 5.88. The van der Waals surface area contributed by atoms with Gasteiger partial charge in [0.05, 0.1) is 17.5 Å². The minimum Gasteiger partial charge on any atom is -0.507 e. The molecule has 0 spiro atoms. The van der Waals surface area contributed by atoms with Crippen LogP contribution >= 0.6 is 0 Å². The van der Waals surface area contributed by atoms with Crippen molar-refractivity contribution in [2.24, 2.45) is 7.05 Å². The molecule has 2 aromatic carbocycles.